The van der Waals surface area contributed by atoms with Crippen molar-refractivity contribution in [3.05, 3.63) is 24.0 Å². The fourth-order valence-electron chi connectivity index (χ4n) is 4.67. The van der Waals surface area contributed by atoms with Crippen LogP contribution >= 0.6 is 0 Å². The molecule has 1 aliphatic heterocycles. The molecule has 0 atom stereocenters. The molecular weight excluding hydrogens is 430 g/mol. The molecule has 1 aromatic heterocycles. The average molecular weight is 464 g/mol. The van der Waals surface area contributed by atoms with Crippen LogP contribution in [0.1, 0.15) is 57.7 Å². The summed E-state index contributed by atoms with van der Waals surface area (Å²) >= 11 is 0. The maximum Gasteiger partial charge on any atom is 0.306 e. The second-order valence-electron chi connectivity index (χ2n) is 8.72. The van der Waals surface area contributed by atoms with Crippen LogP contribution in [0.4, 0.5) is 0 Å². The summed E-state index contributed by atoms with van der Waals surface area (Å²) in [6, 6.07) is 5.07. The lowest BCUT2D eigenvalue weighted by Gasteiger charge is -2.26. The first kappa shape index (κ1) is 23.2. The molecule has 1 saturated heterocycles. The SMILES string of the molecule is CCCn1c(COC(=O)CC2CCCCC2)nc2cc(S(=O)(=O)N3CCOCC3)ccc21. The molecule has 0 bridgehead atoms. The summed E-state index contributed by atoms with van der Waals surface area (Å²) in [5.74, 6) is 0.904. The van der Waals surface area contributed by atoms with Crippen LogP contribution in [-0.2, 0) is 37.4 Å². The van der Waals surface area contributed by atoms with Crippen LogP contribution in [-0.4, -0.2) is 54.5 Å². The average Bonchev–Trinajstić information content (AvgIpc) is 3.16. The fourth-order valence-corrected chi connectivity index (χ4v) is 6.10. The normalized spacial score (nSPS) is 18.8. The topological polar surface area (TPSA) is 90.7 Å². The second kappa shape index (κ2) is 10.3. The Bertz CT molecular complexity index is 1040. The van der Waals surface area contributed by atoms with Crippen molar-refractivity contribution in [1.82, 2.24) is 13.9 Å². The molecule has 1 aromatic carbocycles. The Morgan fingerprint density at radius 2 is 1.94 bits per heavy atom. The van der Waals surface area contributed by atoms with Crippen LogP contribution in [0.3, 0.4) is 0 Å². The van der Waals surface area contributed by atoms with Gasteiger partial charge in [0.2, 0.25) is 10.0 Å². The highest BCUT2D eigenvalue weighted by Gasteiger charge is 2.27. The van der Waals surface area contributed by atoms with Crippen molar-refractivity contribution in [3.63, 3.8) is 0 Å². The first-order chi connectivity index (χ1) is 15.5. The highest BCUT2D eigenvalue weighted by Crippen LogP contribution is 2.27. The van der Waals surface area contributed by atoms with E-state index < -0.39 is 10.0 Å². The summed E-state index contributed by atoms with van der Waals surface area (Å²) in [4.78, 5) is 17.3. The molecule has 2 fully saturated rings. The summed E-state index contributed by atoms with van der Waals surface area (Å²) < 4.78 is 40.4. The largest absolute Gasteiger partial charge is 0.457 e. The predicted molar refractivity (Wildman–Crippen MR) is 121 cm³/mol. The number of carbonyl (C=O) groups is 1. The molecule has 1 saturated carbocycles. The molecule has 2 heterocycles. The molecule has 2 aliphatic rings. The quantitative estimate of drug-likeness (QED) is 0.557. The van der Waals surface area contributed by atoms with E-state index in [1.54, 1.807) is 18.2 Å². The number of nitrogens with zero attached hydrogens (tertiary/aromatic N) is 3. The summed E-state index contributed by atoms with van der Waals surface area (Å²) in [6.07, 6.45) is 7.21. The van der Waals surface area contributed by atoms with Crippen molar-refractivity contribution in [3.8, 4) is 0 Å². The molecule has 176 valence electrons. The number of sulfonamides is 1. The Morgan fingerprint density at radius 1 is 1.19 bits per heavy atom. The Labute approximate surface area is 189 Å². The van der Waals surface area contributed by atoms with Gasteiger partial charge in [0.25, 0.3) is 0 Å². The Hall–Kier alpha value is -1.97. The van der Waals surface area contributed by atoms with Crippen LogP contribution in [0, 0.1) is 5.92 Å². The summed E-state index contributed by atoms with van der Waals surface area (Å²) in [6.45, 7) is 4.42. The number of hydrogen-bond acceptors (Lipinski definition) is 6. The van der Waals surface area contributed by atoms with Gasteiger partial charge in [0, 0.05) is 26.1 Å². The Kier molecular flexibility index (Phi) is 7.48. The molecule has 4 rings (SSSR count). The van der Waals surface area contributed by atoms with Gasteiger partial charge in [-0.3, -0.25) is 4.79 Å². The molecule has 1 aliphatic carbocycles. The fraction of sp³-hybridized carbons (Fsp3) is 0.652. The molecule has 0 N–H and O–H groups in total. The van der Waals surface area contributed by atoms with Crippen molar-refractivity contribution in [2.24, 2.45) is 5.92 Å². The molecule has 8 nitrogen and oxygen atoms in total. The molecule has 0 unspecified atom stereocenters. The summed E-state index contributed by atoms with van der Waals surface area (Å²) in [5, 5.41) is 0. The zero-order chi connectivity index (χ0) is 22.6. The number of ether oxygens (including phenoxy) is 2. The van der Waals surface area contributed by atoms with Gasteiger partial charge in [0.1, 0.15) is 12.4 Å². The standard InChI is InChI=1S/C23H33N3O5S/c1-2-10-26-21-9-8-19(32(28,29)25-11-13-30-14-12-25)16-20(21)24-22(26)17-31-23(27)15-18-6-4-3-5-7-18/h8-9,16,18H,2-7,10-15,17H2,1H3. The number of morpholine rings is 1. The predicted octanol–water partition coefficient (Wildman–Crippen LogP) is 3.48. The minimum Gasteiger partial charge on any atom is -0.457 e. The Morgan fingerprint density at radius 3 is 2.66 bits per heavy atom. The molecular formula is C23H33N3O5S. The molecule has 0 radical (unpaired) electrons. The van der Waals surface area contributed by atoms with Gasteiger partial charge in [0.15, 0.2) is 0 Å². The van der Waals surface area contributed by atoms with E-state index in [2.05, 4.69) is 11.9 Å². The van der Waals surface area contributed by atoms with E-state index >= 15 is 0 Å². The van der Waals surface area contributed by atoms with Crippen molar-refractivity contribution < 1.29 is 22.7 Å². The van der Waals surface area contributed by atoms with Crippen LogP contribution in [0.5, 0.6) is 0 Å². The third-order valence-electron chi connectivity index (χ3n) is 6.40. The minimum atomic E-state index is -3.59. The lowest BCUT2D eigenvalue weighted by atomic mass is 9.87. The highest BCUT2D eigenvalue weighted by molar-refractivity contribution is 7.89. The second-order valence-corrected chi connectivity index (χ2v) is 10.7. The van der Waals surface area contributed by atoms with Crippen LogP contribution in [0.25, 0.3) is 11.0 Å². The van der Waals surface area contributed by atoms with E-state index in [0.29, 0.717) is 50.0 Å². The van der Waals surface area contributed by atoms with Gasteiger partial charge in [-0.15, -0.1) is 0 Å². The van der Waals surface area contributed by atoms with Crippen molar-refractivity contribution in [2.45, 2.75) is 69.9 Å². The maximum absolute atomic E-state index is 13.0. The van der Waals surface area contributed by atoms with E-state index in [1.807, 2.05) is 4.57 Å². The lowest BCUT2D eigenvalue weighted by molar-refractivity contribution is -0.146. The number of imidazole rings is 1. The molecule has 9 heteroatoms. The van der Waals surface area contributed by atoms with Gasteiger partial charge in [-0.1, -0.05) is 26.2 Å². The number of aryl methyl sites for hydroxylation is 1. The first-order valence-electron chi connectivity index (χ1n) is 11.7. The minimum absolute atomic E-state index is 0.103. The lowest BCUT2D eigenvalue weighted by Crippen LogP contribution is -2.40. The monoisotopic (exact) mass is 463 g/mol. The van der Waals surface area contributed by atoms with E-state index in [-0.39, 0.29) is 17.5 Å². The zero-order valence-corrected chi connectivity index (χ0v) is 19.6. The first-order valence-corrected chi connectivity index (χ1v) is 13.2. The molecule has 2 aromatic rings. The number of hydrogen-bond donors (Lipinski definition) is 0. The molecule has 0 spiro atoms. The van der Waals surface area contributed by atoms with E-state index in [0.717, 1.165) is 31.3 Å². The van der Waals surface area contributed by atoms with Gasteiger partial charge < -0.3 is 14.0 Å². The number of esters is 1. The maximum atomic E-state index is 13.0. The van der Waals surface area contributed by atoms with Gasteiger partial charge in [0.05, 0.1) is 29.1 Å². The van der Waals surface area contributed by atoms with Crippen molar-refractivity contribution in [2.75, 3.05) is 26.3 Å². The smallest absolute Gasteiger partial charge is 0.306 e. The third-order valence-corrected chi connectivity index (χ3v) is 8.29. The van der Waals surface area contributed by atoms with Gasteiger partial charge in [-0.25, -0.2) is 13.4 Å². The number of carbonyl (C=O) groups excluding carboxylic acids is 1. The van der Waals surface area contributed by atoms with Crippen LogP contribution in [0.15, 0.2) is 23.1 Å². The Balaban J connectivity index is 1.52. The number of aromatic nitrogens is 2. The molecule has 32 heavy (non-hydrogen) atoms. The van der Waals surface area contributed by atoms with Crippen LogP contribution in [0.2, 0.25) is 0 Å². The van der Waals surface area contributed by atoms with Gasteiger partial charge >= 0.3 is 5.97 Å². The van der Waals surface area contributed by atoms with E-state index in [1.165, 1.54) is 23.6 Å². The summed E-state index contributed by atoms with van der Waals surface area (Å²) in [7, 11) is -3.59. The molecule has 0 amide bonds. The third kappa shape index (κ3) is 5.15. The number of benzene rings is 1. The van der Waals surface area contributed by atoms with Crippen LogP contribution < -0.4 is 0 Å². The zero-order valence-electron chi connectivity index (χ0n) is 18.8. The van der Waals surface area contributed by atoms with E-state index in [4.69, 9.17) is 9.47 Å². The van der Waals surface area contributed by atoms with Gasteiger partial charge in [-0.05, 0) is 43.4 Å². The highest BCUT2D eigenvalue weighted by atomic mass is 32.2. The van der Waals surface area contributed by atoms with E-state index in [9.17, 15) is 13.2 Å². The number of rotatable bonds is 8. The number of fused-ring (bicyclic) bond motifs is 1. The van der Waals surface area contributed by atoms with Crippen molar-refractivity contribution >= 4 is 27.0 Å². The van der Waals surface area contributed by atoms with Crippen molar-refractivity contribution in [1.29, 1.82) is 0 Å². The summed E-state index contributed by atoms with van der Waals surface area (Å²) in [5.41, 5.74) is 1.46. The van der Waals surface area contributed by atoms with Gasteiger partial charge in [-0.2, -0.15) is 4.31 Å².